The number of aryl methyl sites for hydroxylation is 1. The van der Waals surface area contributed by atoms with E-state index in [9.17, 15) is 4.79 Å². The highest BCUT2D eigenvalue weighted by atomic mass is 16.5. The number of aliphatic imine (C=N–C) groups is 1. The highest BCUT2D eigenvalue weighted by Crippen LogP contribution is 2.24. The standard InChI is InChI=1S/C20H28N4O3/c1-14-16-6-4-5-7-17(16)27-18(14)12-21-20(22-13-19(25)24(2)3)23-15-8-10-26-11-9-15/h4-7,15H,8-13H2,1-3H3,(H2,21,22,23). The Hall–Kier alpha value is -2.54. The van der Waals surface area contributed by atoms with Crippen LogP contribution in [-0.2, 0) is 16.1 Å². The summed E-state index contributed by atoms with van der Waals surface area (Å²) in [7, 11) is 3.46. The molecule has 2 N–H and O–H groups in total. The first-order valence-corrected chi connectivity index (χ1v) is 9.34. The van der Waals surface area contributed by atoms with E-state index in [-0.39, 0.29) is 18.5 Å². The molecule has 0 bridgehead atoms. The second-order valence-electron chi connectivity index (χ2n) is 6.98. The number of guanidine groups is 1. The lowest BCUT2D eigenvalue weighted by atomic mass is 10.1. The van der Waals surface area contributed by atoms with Gasteiger partial charge in [0.05, 0.1) is 6.54 Å². The molecule has 1 fully saturated rings. The number of likely N-dealkylation sites (N-methyl/N-ethyl adjacent to an activating group) is 1. The van der Waals surface area contributed by atoms with Gasteiger partial charge < -0.3 is 24.7 Å². The summed E-state index contributed by atoms with van der Waals surface area (Å²) < 4.78 is 11.4. The van der Waals surface area contributed by atoms with Crippen LogP contribution in [0.25, 0.3) is 11.0 Å². The quantitative estimate of drug-likeness (QED) is 0.620. The van der Waals surface area contributed by atoms with Crippen molar-refractivity contribution in [2.75, 3.05) is 33.9 Å². The van der Waals surface area contributed by atoms with Gasteiger partial charge in [-0.25, -0.2) is 4.99 Å². The smallest absolute Gasteiger partial charge is 0.243 e. The van der Waals surface area contributed by atoms with Gasteiger partial charge in [0, 0.05) is 44.3 Å². The number of carbonyl (C=O) groups is 1. The molecule has 0 spiro atoms. The van der Waals surface area contributed by atoms with E-state index in [0.717, 1.165) is 48.3 Å². The second-order valence-corrected chi connectivity index (χ2v) is 6.98. The summed E-state index contributed by atoms with van der Waals surface area (Å²) in [5, 5.41) is 7.85. The molecular formula is C20H28N4O3. The normalized spacial score (nSPS) is 15.7. The minimum Gasteiger partial charge on any atom is -0.459 e. The zero-order chi connectivity index (χ0) is 19.2. The molecular weight excluding hydrogens is 344 g/mol. The summed E-state index contributed by atoms with van der Waals surface area (Å²) in [6.45, 7) is 4.14. The predicted octanol–water partition coefficient (Wildman–Crippen LogP) is 2.04. The van der Waals surface area contributed by atoms with E-state index in [2.05, 4.69) is 28.6 Å². The maximum atomic E-state index is 11.9. The SMILES string of the molecule is Cc1c(CNC(=NCC(=O)N(C)C)NC2CCOCC2)oc2ccccc12. The van der Waals surface area contributed by atoms with Crippen LogP contribution in [0.5, 0.6) is 0 Å². The fraction of sp³-hybridized carbons (Fsp3) is 0.500. The molecule has 0 saturated carbocycles. The second kappa shape index (κ2) is 8.90. The number of nitrogens with zero attached hydrogens (tertiary/aromatic N) is 2. The van der Waals surface area contributed by atoms with Crippen LogP contribution in [0.1, 0.15) is 24.2 Å². The first-order chi connectivity index (χ1) is 13.0. The average Bonchev–Trinajstić information content (AvgIpc) is 3.00. The molecule has 1 aliphatic rings. The number of hydrogen-bond donors (Lipinski definition) is 2. The van der Waals surface area contributed by atoms with Crippen molar-refractivity contribution in [3.8, 4) is 0 Å². The van der Waals surface area contributed by atoms with Crippen molar-refractivity contribution in [2.45, 2.75) is 32.4 Å². The van der Waals surface area contributed by atoms with Gasteiger partial charge in [0.2, 0.25) is 5.91 Å². The van der Waals surface area contributed by atoms with E-state index < -0.39 is 0 Å². The maximum Gasteiger partial charge on any atom is 0.243 e. The number of rotatable bonds is 5. The number of amides is 1. The Labute approximate surface area is 159 Å². The van der Waals surface area contributed by atoms with Gasteiger partial charge >= 0.3 is 0 Å². The molecule has 0 unspecified atom stereocenters. The van der Waals surface area contributed by atoms with Crippen LogP contribution in [0, 0.1) is 6.92 Å². The highest BCUT2D eigenvalue weighted by Gasteiger charge is 2.16. The van der Waals surface area contributed by atoms with E-state index in [4.69, 9.17) is 9.15 Å². The molecule has 7 heteroatoms. The number of nitrogens with one attached hydrogen (secondary N) is 2. The Kier molecular flexibility index (Phi) is 6.34. The van der Waals surface area contributed by atoms with Gasteiger partial charge in [-0.1, -0.05) is 18.2 Å². The summed E-state index contributed by atoms with van der Waals surface area (Å²) >= 11 is 0. The van der Waals surface area contributed by atoms with Crippen molar-refractivity contribution >= 4 is 22.8 Å². The van der Waals surface area contributed by atoms with Crippen LogP contribution < -0.4 is 10.6 Å². The number of para-hydroxylation sites is 1. The van der Waals surface area contributed by atoms with Crippen LogP contribution in [-0.4, -0.2) is 56.7 Å². The minimum atomic E-state index is -0.0389. The molecule has 2 heterocycles. The number of benzene rings is 1. The van der Waals surface area contributed by atoms with Gasteiger partial charge in [0.1, 0.15) is 17.9 Å². The summed E-state index contributed by atoms with van der Waals surface area (Å²) in [6.07, 6.45) is 1.85. The molecule has 146 valence electrons. The molecule has 7 nitrogen and oxygen atoms in total. The van der Waals surface area contributed by atoms with Gasteiger partial charge in [-0.3, -0.25) is 4.79 Å². The van der Waals surface area contributed by atoms with Crippen molar-refractivity contribution in [1.29, 1.82) is 0 Å². The number of furan rings is 1. The third-order valence-electron chi connectivity index (χ3n) is 4.79. The van der Waals surface area contributed by atoms with Crippen LogP contribution in [0.2, 0.25) is 0 Å². The molecule has 2 aromatic rings. The molecule has 0 atom stereocenters. The molecule has 1 amide bonds. The summed E-state index contributed by atoms with van der Waals surface area (Å²) in [4.78, 5) is 17.9. The fourth-order valence-electron chi connectivity index (χ4n) is 3.03. The molecule has 0 radical (unpaired) electrons. The van der Waals surface area contributed by atoms with Gasteiger partial charge in [0.15, 0.2) is 5.96 Å². The lowest BCUT2D eigenvalue weighted by Gasteiger charge is -2.25. The largest absolute Gasteiger partial charge is 0.459 e. The van der Waals surface area contributed by atoms with Crippen LogP contribution in [0.4, 0.5) is 0 Å². The van der Waals surface area contributed by atoms with Crippen molar-refractivity contribution in [1.82, 2.24) is 15.5 Å². The molecule has 1 aromatic carbocycles. The van der Waals surface area contributed by atoms with Crippen LogP contribution >= 0.6 is 0 Å². The minimum absolute atomic E-state index is 0.0389. The Morgan fingerprint density at radius 3 is 2.70 bits per heavy atom. The van der Waals surface area contributed by atoms with Crippen molar-refractivity contribution in [3.05, 3.63) is 35.6 Å². The van der Waals surface area contributed by atoms with E-state index in [0.29, 0.717) is 12.5 Å². The number of fused-ring (bicyclic) bond motifs is 1. The molecule has 1 saturated heterocycles. The van der Waals surface area contributed by atoms with Crippen LogP contribution in [0.15, 0.2) is 33.7 Å². The first kappa shape index (κ1) is 19.2. The Morgan fingerprint density at radius 1 is 1.26 bits per heavy atom. The monoisotopic (exact) mass is 372 g/mol. The molecule has 27 heavy (non-hydrogen) atoms. The molecule has 0 aliphatic carbocycles. The lowest BCUT2D eigenvalue weighted by molar-refractivity contribution is -0.127. The summed E-state index contributed by atoms with van der Waals surface area (Å²) in [6, 6.07) is 8.29. The zero-order valence-electron chi connectivity index (χ0n) is 16.2. The van der Waals surface area contributed by atoms with Gasteiger partial charge in [0.25, 0.3) is 0 Å². The van der Waals surface area contributed by atoms with Gasteiger partial charge in [-0.05, 0) is 25.8 Å². The first-order valence-electron chi connectivity index (χ1n) is 9.34. The third kappa shape index (κ3) is 5.01. The Morgan fingerprint density at radius 2 is 2.00 bits per heavy atom. The van der Waals surface area contributed by atoms with Gasteiger partial charge in [-0.2, -0.15) is 0 Å². The van der Waals surface area contributed by atoms with E-state index in [1.807, 2.05) is 18.2 Å². The van der Waals surface area contributed by atoms with Crippen LogP contribution in [0.3, 0.4) is 0 Å². The summed E-state index contributed by atoms with van der Waals surface area (Å²) in [5.41, 5.74) is 2.00. The van der Waals surface area contributed by atoms with Gasteiger partial charge in [-0.15, -0.1) is 0 Å². The molecule has 1 aliphatic heterocycles. The number of carbonyl (C=O) groups excluding carboxylic acids is 1. The fourth-order valence-corrected chi connectivity index (χ4v) is 3.03. The van der Waals surface area contributed by atoms with Crippen molar-refractivity contribution < 1.29 is 13.9 Å². The zero-order valence-corrected chi connectivity index (χ0v) is 16.2. The van der Waals surface area contributed by atoms with Crippen molar-refractivity contribution in [2.24, 2.45) is 4.99 Å². The van der Waals surface area contributed by atoms with E-state index >= 15 is 0 Å². The van der Waals surface area contributed by atoms with E-state index in [1.54, 1.807) is 19.0 Å². The van der Waals surface area contributed by atoms with E-state index in [1.165, 1.54) is 0 Å². The molecule has 3 rings (SSSR count). The predicted molar refractivity (Wildman–Crippen MR) is 106 cm³/mol. The molecule has 1 aromatic heterocycles. The lowest BCUT2D eigenvalue weighted by Crippen LogP contribution is -2.46. The Balaban J connectivity index is 1.70. The summed E-state index contributed by atoms with van der Waals surface area (Å²) in [5.74, 6) is 1.46. The third-order valence-corrected chi connectivity index (χ3v) is 4.79. The maximum absolute atomic E-state index is 11.9. The van der Waals surface area contributed by atoms with Crippen molar-refractivity contribution in [3.63, 3.8) is 0 Å². The highest BCUT2D eigenvalue weighted by molar-refractivity contribution is 5.85. The average molecular weight is 372 g/mol. The number of hydrogen-bond acceptors (Lipinski definition) is 4. The topological polar surface area (TPSA) is 79.1 Å². The number of ether oxygens (including phenoxy) is 1. The Bertz CT molecular complexity index is 807.